The molecule has 2 unspecified atom stereocenters. The Morgan fingerprint density at radius 2 is 2.39 bits per heavy atom. The number of halogens is 1. The molecule has 2 heterocycles. The summed E-state index contributed by atoms with van der Waals surface area (Å²) >= 11 is 5.04. The van der Waals surface area contributed by atoms with E-state index in [1.165, 1.54) is 12.8 Å². The largest absolute Gasteiger partial charge is 0.339 e. The summed E-state index contributed by atoms with van der Waals surface area (Å²) in [6, 6.07) is 2.01. The number of hydrogen-bond donors (Lipinski definition) is 1. The SMILES string of the molecule is NCC1CCCC1c1nc(-c2cc(Br)cs2)no1. The van der Waals surface area contributed by atoms with E-state index in [1.54, 1.807) is 11.3 Å². The van der Waals surface area contributed by atoms with Gasteiger partial charge in [-0.2, -0.15) is 4.98 Å². The summed E-state index contributed by atoms with van der Waals surface area (Å²) in [7, 11) is 0. The standard InChI is InChI=1S/C12H14BrN3OS/c13-8-4-10(18-6-8)11-15-12(17-16-11)9-3-1-2-7(9)5-14/h4,6-7,9H,1-3,5,14H2. The Labute approximate surface area is 118 Å². The fourth-order valence-corrected chi connectivity index (χ4v) is 3.91. The molecule has 6 heteroatoms. The maximum atomic E-state index is 5.79. The van der Waals surface area contributed by atoms with Gasteiger partial charge in [-0.25, -0.2) is 0 Å². The van der Waals surface area contributed by atoms with Gasteiger partial charge in [0.1, 0.15) is 0 Å². The minimum absolute atomic E-state index is 0.347. The zero-order valence-corrected chi connectivity index (χ0v) is 12.2. The number of aromatic nitrogens is 2. The summed E-state index contributed by atoms with van der Waals surface area (Å²) in [6.45, 7) is 0.701. The minimum Gasteiger partial charge on any atom is -0.339 e. The summed E-state index contributed by atoms with van der Waals surface area (Å²) in [5.41, 5.74) is 5.79. The van der Waals surface area contributed by atoms with Crippen LogP contribution in [0.2, 0.25) is 0 Å². The molecule has 0 saturated heterocycles. The lowest BCUT2D eigenvalue weighted by Crippen LogP contribution is -2.17. The van der Waals surface area contributed by atoms with Gasteiger partial charge in [0.25, 0.3) is 0 Å². The van der Waals surface area contributed by atoms with E-state index in [9.17, 15) is 0 Å². The zero-order valence-electron chi connectivity index (χ0n) is 9.80. The van der Waals surface area contributed by atoms with E-state index >= 15 is 0 Å². The predicted octanol–water partition coefficient (Wildman–Crippen LogP) is 3.40. The number of thiophene rings is 1. The summed E-state index contributed by atoms with van der Waals surface area (Å²) in [6.07, 6.45) is 3.48. The van der Waals surface area contributed by atoms with Gasteiger partial charge in [-0.05, 0) is 47.3 Å². The monoisotopic (exact) mass is 327 g/mol. The van der Waals surface area contributed by atoms with Crippen LogP contribution in [0.25, 0.3) is 10.7 Å². The Balaban J connectivity index is 1.85. The van der Waals surface area contributed by atoms with Crippen molar-refractivity contribution in [3.05, 3.63) is 21.8 Å². The van der Waals surface area contributed by atoms with Crippen molar-refractivity contribution >= 4 is 27.3 Å². The molecule has 0 bridgehead atoms. The molecule has 2 atom stereocenters. The van der Waals surface area contributed by atoms with Crippen molar-refractivity contribution in [3.8, 4) is 10.7 Å². The molecule has 1 aliphatic carbocycles. The number of hydrogen-bond acceptors (Lipinski definition) is 5. The third kappa shape index (κ3) is 2.24. The molecular formula is C12H14BrN3OS. The second-order valence-corrected chi connectivity index (χ2v) is 6.45. The van der Waals surface area contributed by atoms with E-state index in [0.717, 1.165) is 21.7 Å². The molecule has 18 heavy (non-hydrogen) atoms. The van der Waals surface area contributed by atoms with Gasteiger partial charge in [-0.15, -0.1) is 11.3 Å². The summed E-state index contributed by atoms with van der Waals surface area (Å²) in [5, 5.41) is 6.09. The summed E-state index contributed by atoms with van der Waals surface area (Å²) < 4.78 is 6.47. The summed E-state index contributed by atoms with van der Waals surface area (Å²) in [4.78, 5) is 5.56. The van der Waals surface area contributed by atoms with Gasteiger partial charge in [0.15, 0.2) is 0 Å². The highest BCUT2D eigenvalue weighted by molar-refractivity contribution is 9.10. The van der Waals surface area contributed by atoms with Crippen LogP contribution in [-0.2, 0) is 0 Å². The predicted molar refractivity (Wildman–Crippen MR) is 74.4 cm³/mol. The molecule has 0 radical (unpaired) electrons. The molecule has 1 aliphatic rings. The highest BCUT2D eigenvalue weighted by atomic mass is 79.9. The van der Waals surface area contributed by atoms with E-state index in [4.69, 9.17) is 10.3 Å². The molecule has 1 fully saturated rings. The van der Waals surface area contributed by atoms with Crippen molar-refractivity contribution in [3.63, 3.8) is 0 Å². The second kappa shape index (κ2) is 5.11. The van der Waals surface area contributed by atoms with Crippen LogP contribution in [0.3, 0.4) is 0 Å². The van der Waals surface area contributed by atoms with Crippen molar-refractivity contribution in [2.24, 2.45) is 11.7 Å². The highest BCUT2D eigenvalue weighted by Crippen LogP contribution is 2.39. The van der Waals surface area contributed by atoms with Crippen LogP contribution in [-0.4, -0.2) is 16.7 Å². The third-order valence-corrected chi connectivity index (χ3v) is 5.20. The normalized spacial score (nSPS) is 23.7. The maximum absolute atomic E-state index is 5.79. The van der Waals surface area contributed by atoms with Crippen LogP contribution in [0, 0.1) is 5.92 Å². The molecule has 0 amide bonds. The molecule has 2 N–H and O–H groups in total. The molecule has 0 aromatic carbocycles. The van der Waals surface area contributed by atoms with Gasteiger partial charge < -0.3 is 10.3 Å². The van der Waals surface area contributed by atoms with Crippen LogP contribution in [0.1, 0.15) is 31.1 Å². The lowest BCUT2D eigenvalue weighted by molar-refractivity contribution is 0.326. The second-order valence-electron chi connectivity index (χ2n) is 4.62. The molecule has 4 nitrogen and oxygen atoms in total. The fraction of sp³-hybridized carbons (Fsp3) is 0.500. The van der Waals surface area contributed by atoms with Crippen LogP contribution in [0.15, 0.2) is 20.4 Å². The van der Waals surface area contributed by atoms with Crippen LogP contribution < -0.4 is 5.73 Å². The van der Waals surface area contributed by atoms with Gasteiger partial charge in [-0.1, -0.05) is 11.6 Å². The van der Waals surface area contributed by atoms with Gasteiger partial charge in [0.05, 0.1) is 4.88 Å². The Morgan fingerprint density at radius 1 is 1.50 bits per heavy atom. The number of rotatable bonds is 3. The van der Waals surface area contributed by atoms with Gasteiger partial charge in [-0.3, -0.25) is 0 Å². The van der Waals surface area contributed by atoms with Crippen molar-refractivity contribution in [2.45, 2.75) is 25.2 Å². The van der Waals surface area contributed by atoms with E-state index in [-0.39, 0.29) is 0 Å². The average molecular weight is 328 g/mol. The topological polar surface area (TPSA) is 64.9 Å². The Hall–Kier alpha value is -0.720. The lowest BCUT2D eigenvalue weighted by Gasteiger charge is -2.12. The molecule has 2 aromatic rings. The Morgan fingerprint density at radius 3 is 3.11 bits per heavy atom. The van der Waals surface area contributed by atoms with Crippen LogP contribution >= 0.6 is 27.3 Å². The van der Waals surface area contributed by atoms with Crippen molar-refractivity contribution in [1.82, 2.24) is 10.1 Å². The number of nitrogens with zero attached hydrogens (tertiary/aromatic N) is 2. The smallest absolute Gasteiger partial charge is 0.230 e. The van der Waals surface area contributed by atoms with Crippen LogP contribution in [0.5, 0.6) is 0 Å². The Kier molecular flexibility index (Phi) is 3.50. The van der Waals surface area contributed by atoms with E-state index in [1.807, 2.05) is 11.4 Å². The molecule has 0 aliphatic heterocycles. The molecular weight excluding hydrogens is 314 g/mol. The molecule has 3 rings (SSSR count). The lowest BCUT2D eigenvalue weighted by atomic mass is 9.96. The Bertz CT molecular complexity index is 539. The first-order valence-corrected chi connectivity index (χ1v) is 7.73. The minimum atomic E-state index is 0.347. The van der Waals surface area contributed by atoms with E-state index in [0.29, 0.717) is 24.2 Å². The van der Waals surface area contributed by atoms with Gasteiger partial charge >= 0.3 is 0 Å². The summed E-state index contributed by atoms with van der Waals surface area (Å²) in [5.74, 6) is 2.28. The van der Waals surface area contributed by atoms with Crippen molar-refractivity contribution in [2.75, 3.05) is 6.54 Å². The van der Waals surface area contributed by atoms with Crippen LogP contribution in [0.4, 0.5) is 0 Å². The van der Waals surface area contributed by atoms with E-state index in [2.05, 4.69) is 26.1 Å². The third-order valence-electron chi connectivity index (χ3n) is 3.51. The fourth-order valence-electron chi connectivity index (χ4n) is 2.56. The van der Waals surface area contributed by atoms with Gasteiger partial charge in [0, 0.05) is 15.8 Å². The molecule has 96 valence electrons. The first kappa shape index (κ1) is 12.3. The molecule has 1 saturated carbocycles. The van der Waals surface area contributed by atoms with E-state index < -0.39 is 0 Å². The average Bonchev–Trinajstić information content (AvgIpc) is 3.07. The number of nitrogens with two attached hydrogens (primary N) is 1. The molecule has 2 aromatic heterocycles. The molecule has 0 spiro atoms. The van der Waals surface area contributed by atoms with Gasteiger partial charge in [0.2, 0.25) is 11.7 Å². The van der Waals surface area contributed by atoms with Crippen molar-refractivity contribution in [1.29, 1.82) is 0 Å². The quantitative estimate of drug-likeness (QED) is 0.938. The van der Waals surface area contributed by atoms with Crippen molar-refractivity contribution < 1.29 is 4.52 Å². The first-order chi connectivity index (χ1) is 8.78. The first-order valence-electron chi connectivity index (χ1n) is 6.06. The maximum Gasteiger partial charge on any atom is 0.230 e. The zero-order chi connectivity index (χ0) is 12.5. The highest BCUT2D eigenvalue weighted by Gasteiger charge is 2.32.